The summed E-state index contributed by atoms with van der Waals surface area (Å²) in [5.74, 6) is 0. The van der Waals surface area contributed by atoms with Crippen molar-refractivity contribution in [3.05, 3.63) is 60.9 Å². The number of benzene rings is 2. The van der Waals surface area contributed by atoms with Gasteiger partial charge < -0.3 is 4.40 Å². The van der Waals surface area contributed by atoms with Crippen molar-refractivity contribution in [1.29, 1.82) is 0 Å². The van der Waals surface area contributed by atoms with Gasteiger partial charge >= 0.3 is 0 Å². The van der Waals surface area contributed by atoms with Crippen LogP contribution in [0.25, 0.3) is 38.6 Å². The van der Waals surface area contributed by atoms with Crippen LogP contribution in [0.5, 0.6) is 0 Å². The Kier molecular flexibility index (Phi) is 2.92. The summed E-state index contributed by atoms with van der Waals surface area (Å²) in [6.45, 7) is 0. The van der Waals surface area contributed by atoms with Gasteiger partial charge in [-0.3, -0.25) is 4.98 Å². The molecule has 0 bridgehead atoms. The maximum atomic E-state index is 4.65. The van der Waals surface area contributed by atoms with E-state index in [0.717, 1.165) is 27.6 Å². The molecule has 3 aromatic heterocycles. The average molecular weight is 462 g/mol. The number of hydrogen-bond donors (Lipinski definition) is 0. The molecule has 0 aliphatic rings. The fourth-order valence-corrected chi connectivity index (χ4v) is 2.95. The van der Waals surface area contributed by atoms with Crippen LogP contribution >= 0.6 is 0 Å². The predicted octanol–water partition coefficient (Wildman–Crippen LogP) is 3.38. The summed E-state index contributed by atoms with van der Waals surface area (Å²) >= 11 is 0. The van der Waals surface area contributed by atoms with E-state index in [0.29, 0.717) is 5.65 Å². The van der Waals surface area contributed by atoms with Crippen molar-refractivity contribution in [2.75, 3.05) is 0 Å². The van der Waals surface area contributed by atoms with Gasteiger partial charge in [-0.1, -0.05) is 23.6 Å². The number of aromatic nitrogens is 4. The smallest absolute Gasteiger partial charge is 0.188 e. The molecule has 0 fully saturated rings. The van der Waals surface area contributed by atoms with Gasteiger partial charge in [0.25, 0.3) is 0 Å². The first-order chi connectivity index (χ1) is 10.4. The van der Waals surface area contributed by atoms with Gasteiger partial charge in [0.05, 0.1) is 5.65 Å². The Labute approximate surface area is 139 Å². The van der Waals surface area contributed by atoms with Gasteiger partial charge in [0.1, 0.15) is 0 Å². The predicted molar refractivity (Wildman–Crippen MR) is 82.1 cm³/mol. The van der Waals surface area contributed by atoms with Crippen molar-refractivity contribution in [2.45, 2.75) is 0 Å². The molecular formula is C17H9IrN4-. The SMILES string of the molecule is [Ir].[c-]1cccc2c1c1nc3nccnc3n1c1ccccc21. The number of hydrogen-bond acceptors (Lipinski definition) is 3. The van der Waals surface area contributed by atoms with Crippen molar-refractivity contribution >= 4 is 38.6 Å². The second-order valence-electron chi connectivity index (χ2n) is 4.95. The standard InChI is InChI=1S/C17H9N4.Ir/c1-2-7-13-11(5-1)12-6-3-4-8-14(12)21-16(13)20-15-17(21)19-10-9-18-15;/h1-6,8-10H;/q-1;. The minimum absolute atomic E-state index is 0. The normalized spacial score (nSPS) is 11.3. The first-order valence-corrected chi connectivity index (χ1v) is 6.74. The van der Waals surface area contributed by atoms with Crippen molar-refractivity contribution < 1.29 is 20.1 Å². The molecule has 5 heteroatoms. The topological polar surface area (TPSA) is 43.1 Å². The Balaban J connectivity index is 0.00000125. The van der Waals surface area contributed by atoms with Crippen LogP contribution in [0.15, 0.2) is 54.9 Å². The first kappa shape index (κ1) is 13.3. The van der Waals surface area contributed by atoms with Crippen LogP contribution in [0.2, 0.25) is 0 Å². The summed E-state index contributed by atoms with van der Waals surface area (Å²) in [6.07, 6.45) is 3.37. The Morgan fingerprint density at radius 3 is 2.64 bits per heavy atom. The number of fused-ring (bicyclic) bond motifs is 8. The summed E-state index contributed by atoms with van der Waals surface area (Å²) in [5, 5.41) is 3.31. The molecule has 1 radical (unpaired) electrons. The Bertz CT molecular complexity index is 1150. The first-order valence-electron chi connectivity index (χ1n) is 6.74. The molecule has 5 rings (SSSR count). The van der Waals surface area contributed by atoms with Gasteiger partial charge in [-0.25, -0.2) is 9.97 Å². The van der Waals surface area contributed by atoms with Gasteiger partial charge in [-0.2, -0.15) is 0 Å². The molecule has 107 valence electrons. The van der Waals surface area contributed by atoms with Crippen LogP contribution in [0.1, 0.15) is 0 Å². The summed E-state index contributed by atoms with van der Waals surface area (Å²) in [5.41, 5.74) is 3.38. The number of nitrogens with zero attached hydrogens (tertiary/aromatic N) is 4. The molecule has 0 N–H and O–H groups in total. The van der Waals surface area contributed by atoms with Gasteiger partial charge in [-0.05, 0) is 11.5 Å². The minimum atomic E-state index is 0. The molecule has 0 amide bonds. The third-order valence-corrected chi connectivity index (χ3v) is 3.81. The molecule has 0 saturated heterocycles. The van der Waals surface area contributed by atoms with Crippen molar-refractivity contribution in [3.8, 4) is 0 Å². The molecule has 0 saturated carbocycles. The van der Waals surface area contributed by atoms with Crippen LogP contribution in [0.3, 0.4) is 0 Å². The average Bonchev–Trinajstić information content (AvgIpc) is 2.95. The van der Waals surface area contributed by atoms with Crippen molar-refractivity contribution in [2.24, 2.45) is 0 Å². The summed E-state index contributed by atoms with van der Waals surface area (Å²) in [7, 11) is 0. The molecule has 22 heavy (non-hydrogen) atoms. The van der Waals surface area contributed by atoms with Crippen LogP contribution in [0.4, 0.5) is 0 Å². The molecule has 0 atom stereocenters. The van der Waals surface area contributed by atoms with E-state index in [1.165, 1.54) is 5.39 Å². The van der Waals surface area contributed by atoms with E-state index in [1.807, 2.05) is 24.3 Å². The number of imidazole rings is 1. The zero-order valence-electron chi connectivity index (χ0n) is 11.3. The van der Waals surface area contributed by atoms with E-state index in [-0.39, 0.29) is 20.1 Å². The van der Waals surface area contributed by atoms with Gasteiger partial charge in [-0.15, -0.1) is 29.7 Å². The van der Waals surface area contributed by atoms with Crippen LogP contribution in [-0.2, 0) is 20.1 Å². The van der Waals surface area contributed by atoms with Crippen LogP contribution < -0.4 is 0 Å². The molecular weight excluding hydrogens is 452 g/mol. The fraction of sp³-hybridized carbons (Fsp3) is 0. The molecule has 0 aliphatic carbocycles. The van der Waals surface area contributed by atoms with E-state index in [9.17, 15) is 0 Å². The molecule has 0 spiro atoms. The van der Waals surface area contributed by atoms with Gasteiger partial charge in [0, 0.05) is 38.0 Å². The fourth-order valence-electron chi connectivity index (χ4n) is 2.95. The van der Waals surface area contributed by atoms with E-state index in [2.05, 4.69) is 43.6 Å². The third kappa shape index (κ3) is 1.64. The second kappa shape index (κ2) is 4.83. The molecule has 0 aliphatic heterocycles. The molecule has 4 nitrogen and oxygen atoms in total. The second-order valence-corrected chi connectivity index (χ2v) is 4.95. The largest absolute Gasteiger partial charge is 0.316 e. The van der Waals surface area contributed by atoms with Crippen LogP contribution in [-0.4, -0.2) is 19.4 Å². The summed E-state index contributed by atoms with van der Waals surface area (Å²) in [4.78, 5) is 13.4. The molecule has 2 aromatic carbocycles. The minimum Gasteiger partial charge on any atom is -0.316 e. The van der Waals surface area contributed by atoms with Crippen LogP contribution in [0, 0.1) is 6.07 Å². The Hall–Kier alpha value is -2.36. The number of pyridine rings is 1. The zero-order chi connectivity index (χ0) is 13.8. The molecule has 0 unspecified atom stereocenters. The quantitative estimate of drug-likeness (QED) is 0.262. The number of rotatable bonds is 0. The zero-order valence-corrected chi connectivity index (χ0v) is 13.7. The number of para-hydroxylation sites is 1. The molecule has 5 aromatic rings. The summed E-state index contributed by atoms with van der Waals surface area (Å²) < 4.78 is 2.07. The van der Waals surface area contributed by atoms with Gasteiger partial charge in [0.15, 0.2) is 11.3 Å². The van der Waals surface area contributed by atoms with Gasteiger partial charge in [0.2, 0.25) is 0 Å². The Morgan fingerprint density at radius 1 is 0.864 bits per heavy atom. The van der Waals surface area contributed by atoms with Crippen molar-refractivity contribution in [1.82, 2.24) is 19.4 Å². The van der Waals surface area contributed by atoms with E-state index < -0.39 is 0 Å². The Morgan fingerprint density at radius 2 is 1.68 bits per heavy atom. The maximum absolute atomic E-state index is 4.65. The monoisotopic (exact) mass is 462 g/mol. The third-order valence-electron chi connectivity index (χ3n) is 3.81. The molecule has 3 heterocycles. The van der Waals surface area contributed by atoms with E-state index >= 15 is 0 Å². The van der Waals surface area contributed by atoms with E-state index in [4.69, 9.17) is 0 Å². The van der Waals surface area contributed by atoms with Crippen molar-refractivity contribution in [3.63, 3.8) is 0 Å². The summed E-state index contributed by atoms with van der Waals surface area (Å²) in [6, 6.07) is 17.6. The van der Waals surface area contributed by atoms with E-state index in [1.54, 1.807) is 12.4 Å². The maximum Gasteiger partial charge on any atom is 0.188 e.